The molecule has 1 atom stereocenters. The van der Waals surface area contributed by atoms with Crippen molar-refractivity contribution in [3.63, 3.8) is 0 Å². The van der Waals surface area contributed by atoms with Crippen LogP contribution in [0, 0.1) is 0 Å². The summed E-state index contributed by atoms with van der Waals surface area (Å²) in [4.78, 5) is 31.4. The lowest BCUT2D eigenvalue weighted by Gasteiger charge is -2.44. The van der Waals surface area contributed by atoms with Crippen molar-refractivity contribution in [3.8, 4) is 5.75 Å². The lowest BCUT2D eigenvalue weighted by molar-refractivity contribution is -0.114. The number of hydrogen-bond acceptors (Lipinski definition) is 5. The summed E-state index contributed by atoms with van der Waals surface area (Å²) < 4.78 is 5.53. The molecule has 2 heterocycles. The first-order chi connectivity index (χ1) is 15.5. The highest BCUT2D eigenvalue weighted by Crippen LogP contribution is 2.29. The highest BCUT2D eigenvalue weighted by molar-refractivity contribution is 5.96. The maximum Gasteiger partial charge on any atom is 0.253 e. The summed E-state index contributed by atoms with van der Waals surface area (Å²) in [6.07, 6.45) is 2.12. The second-order valence-corrected chi connectivity index (χ2v) is 8.50. The minimum atomic E-state index is -0.139. The quantitative estimate of drug-likeness (QED) is 0.780. The van der Waals surface area contributed by atoms with E-state index in [1.54, 1.807) is 19.2 Å². The minimum Gasteiger partial charge on any atom is -0.495 e. The van der Waals surface area contributed by atoms with Gasteiger partial charge in [0, 0.05) is 63.5 Å². The van der Waals surface area contributed by atoms with Crippen molar-refractivity contribution >= 4 is 23.2 Å². The molecule has 4 rings (SSSR count). The fourth-order valence-corrected chi connectivity index (χ4v) is 4.77. The van der Waals surface area contributed by atoms with Gasteiger partial charge in [0.2, 0.25) is 5.91 Å². The number of para-hydroxylation sites is 2. The molecule has 2 saturated heterocycles. The molecule has 2 aromatic carbocycles. The number of ether oxygens (including phenoxy) is 1. The Labute approximate surface area is 189 Å². The van der Waals surface area contributed by atoms with E-state index >= 15 is 0 Å². The van der Waals surface area contributed by atoms with E-state index < -0.39 is 0 Å². The number of likely N-dealkylation sites (tertiary alicyclic amines) is 1. The van der Waals surface area contributed by atoms with Crippen LogP contribution in [0.15, 0.2) is 48.5 Å². The predicted molar refractivity (Wildman–Crippen MR) is 126 cm³/mol. The second-order valence-electron chi connectivity index (χ2n) is 8.50. The normalized spacial score (nSPS) is 19.5. The van der Waals surface area contributed by atoms with Crippen LogP contribution in [-0.2, 0) is 4.79 Å². The zero-order valence-corrected chi connectivity index (χ0v) is 18.9. The van der Waals surface area contributed by atoms with E-state index in [0.29, 0.717) is 17.3 Å². The Kier molecular flexibility index (Phi) is 6.95. The Morgan fingerprint density at radius 2 is 1.78 bits per heavy atom. The van der Waals surface area contributed by atoms with Gasteiger partial charge in [-0.1, -0.05) is 18.2 Å². The molecule has 2 aliphatic heterocycles. The van der Waals surface area contributed by atoms with Gasteiger partial charge in [0.05, 0.1) is 12.8 Å². The summed E-state index contributed by atoms with van der Waals surface area (Å²) in [6.45, 7) is 6.84. The third-order valence-electron chi connectivity index (χ3n) is 6.37. The number of hydrogen-bond donors (Lipinski definition) is 1. The second kappa shape index (κ2) is 10.0. The number of benzene rings is 2. The SMILES string of the molecule is COc1ccccc1N1CCN(C2CCCN(C(=O)c3cccc(NC(C)=O)c3)C2)CC1. The molecule has 0 saturated carbocycles. The van der Waals surface area contributed by atoms with Crippen LogP contribution in [0.1, 0.15) is 30.1 Å². The van der Waals surface area contributed by atoms with Crippen LogP contribution in [0.4, 0.5) is 11.4 Å². The maximum atomic E-state index is 13.1. The van der Waals surface area contributed by atoms with Crippen molar-refractivity contribution in [1.82, 2.24) is 9.80 Å². The molecule has 1 N–H and O–H groups in total. The van der Waals surface area contributed by atoms with Gasteiger partial charge in [0.1, 0.15) is 5.75 Å². The molecule has 2 aromatic rings. The number of amides is 2. The first-order valence-corrected chi connectivity index (χ1v) is 11.3. The van der Waals surface area contributed by atoms with E-state index in [1.807, 2.05) is 29.2 Å². The van der Waals surface area contributed by atoms with Gasteiger partial charge in [-0.05, 0) is 43.2 Å². The summed E-state index contributed by atoms with van der Waals surface area (Å²) in [5.74, 6) is 0.811. The Bertz CT molecular complexity index is 956. The Morgan fingerprint density at radius 3 is 2.53 bits per heavy atom. The zero-order chi connectivity index (χ0) is 22.5. The van der Waals surface area contributed by atoms with Gasteiger partial charge in [0.15, 0.2) is 0 Å². The lowest BCUT2D eigenvalue weighted by atomic mass is 10.0. The molecule has 0 spiro atoms. The van der Waals surface area contributed by atoms with Crippen LogP contribution >= 0.6 is 0 Å². The van der Waals surface area contributed by atoms with E-state index in [0.717, 1.165) is 63.5 Å². The highest BCUT2D eigenvalue weighted by atomic mass is 16.5. The molecule has 1 unspecified atom stereocenters. The molecule has 2 amide bonds. The minimum absolute atomic E-state index is 0.0366. The van der Waals surface area contributed by atoms with Gasteiger partial charge in [-0.3, -0.25) is 14.5 Å². The fraction of sp³-hybridized carbons (Fsp3) is 0.440. The average molecular weight is 437 g/mol. The van der Waals surface area contributed by atoms with Crippen LogP contribution in [0.3, 0.4) is 0 Å². The number of methoxy groups -OCH3 is 1. The fourth-order valence-electron chi connectivity index (χ4n) is 4.77. The zero-order valence-electron chi connectivity index (χ0n) is 18.9. The van der Waals surface area contributed by atoms with Gasteiger partial charge in [-0.25, -0.2) is 0 Å². The highest BCUT2D eigenvalue weighted by Gasteiger charge is 2.31. The summed E-state index contributed by atoms with van der Waals surface area (Å²) in [7, 11) is 1.72. The van der Waals surface area contributed by atoms with Crippen molar-refractivity contribution in [1.29, 1.82) is 0 Å². The summed E-state index contributed by atoms with van der Waals surface area (Å²) in [5.41, 5.74) is 2.43. The molecule has 0 aromatic heterocycles. The van der Waals surface area contributed by atoms with Crippen molar-refractivity contribution in [2.45, 2.75) is 25.8 Å². The maximum absolute atomic E-state index is 13.1. The molecule has 7 heteroatoms. The molecule has 7 nitrogen and oxygen atoms in total. The molecule has 32 heavy (non-hydrogen) atoms. The summed E-state index contributed by atoms with van der Waals surface area (Å²) in [5, 5.41) is 2.76. The number of piperidine rings is 1. The van der Waals surface area contributed by atoms with Crippen LogP contribution < -0.4 is 15.0 Å². The monoisotopic (exact) mass is 436 g/mol. The van der Waals surface area contributed by atoms with Crippen molar-refractivity contribution in [2.75, 3.05) is 56.6 Å². The van der Waals surface area contributed by atoms with Crippen molar-refractivity contribution in [2.24, 2.45) is 0 Å². The van der Waals surface area contributed by atoms with E-state index in [-0.39, 0.29) is 11.8 Å². The average Bonchev–Trinajstić information content (AvgIpc) is 2.83. The number of piperazine rings is 1. The van der Waals surface area contributed by atoms with Crippen LogP contribution in [0.2, 0.25) is 0 Å². The third kappa shape index (κ3) is 5.05. The summed E-state index contributed by atoms with van der Waals surface area (Å²) >= 11 is 0. The molecular formula is C25H32N4O3. The smallest absolute Gasteiger partial charge is 0.253 e. The largest absolute Gasteiger partial charge is 0.495 e. The van der Waals surface area contributed by atoms with E-state index in [1.165, 1.54) is 6.92 Å². The van der Waals surface area contributed by atoms with Gasteiger partial charge >= 0.3 is 0 Å². The van der Waals surface area contributed by atoms with Gasteiger partial charge in [0.25, 0.3) is 5.91 Å². The molecule has 0 aliphatic carbocycles. The topological polar surface area (TPSA) is 65.1 Å². The standard InChI is InChI=1S/C25H32N4O3/c1-19(30)26-21-8-5-7-20(17-21)25(31)29-12-6-9-22(18-29)27-13-15-28(16-14-27)23-10-3-4-11-24(23)32-2/h3-5,7-8,10-11,17,22H,6,9,12-16,18H2,1-2H3,(H,26,30). The number of nitrogens with one attached hydrogen (secondary N) is 1. The number of carbonyl (C=O) groups excluding carboxylic acids is 2. The van der Waals surface area contributed by atoms with Crippen molar-refractivity contribution < 1.29 is 14.3 Å². The van der Waals surface area contributed by atoms with Crippen LogP contribution in [0.5, 0.6) is 5.75 Å². The van der Waals surface area contributed by atoms with Crippen LogP contribution in [-0.4, -0.2) is 74.0 Å². The van der Waals surface area contributed by atoms with Gasteiger partial charge < -0.3 is 19.9 Å². The van der Waals surface area contributed by atoms with Gasteiger partial charge in [-0.15, -0.1) is 0 Å². The first kappa shape index (κ1) is 22.1. The molecule has 2 aliphatic rings. The number of anilines is 2. The molecule has 0 bridgehead atoms. The van der Waals surface area contributed by atoms with Crippen molar-refractivity contribution in [3.05, 3.63) is 54.1 Å². The molecule has 2 fully saturated rings. The Morgan fingerprint density at radius 1 is 1.00 bits per heavy atom. The predicted octanol–water partition coefficient (Wildman–Crippen LogP) is 3.08. The number of rotatable bonds is 5. The van der Waals surface area contributed by atoms with E-state index in [4.69, 9.17) is 4.74 Å². The Hall–Kier alpha value is -3.06. The first-order valence-electron chi connectivity index (χ1n) is 11.3. The number of nitrogens with zero attached hydrogens (tertiary/aromatic N) is 3. The third-order valence-corrected chi connectivity index (χ3v) is 6.37. The van der Waals surface area contributed by atoms with Gasteiger partial charge in [-0.2, -0.15) is 0 Å². The molecule has 170 valence electrons. The summed E-state index contributed by atoms with van der Waals surface area (Å²) in [6, 6.07) is 15.8. The number of carbonyl (C=O) groups is 2. The molecular weight excluding hydrogens is 404 g/mol. The van der Waals surface area contributed by atoms with E-state index in [9.17, 15) is 9.59 Å². The van der Waals surface area contributed by atoms with E-state index in [2.05, 4.69) is 27.2 Å². The molecule has 0 radical (unpaired) electrons. The van der Waals surface area contributed by atoms with Crippen LogP contribution in [0.25, 0.3) is 0 Å². The lowest BCUT2D eigenvalue weighted by Crippen LogP contribution is -2.55. The Balaban J connectivity index is 1.36.